The molecule has 5 aliphatic rings. The average Bonchev–Trinajstić information content (AvgIpc) is 3.97. The summed E-state index contributed by atoms with van der Waals surface area (Å²) < 4.78 is 0. The van der Waals surface area contributed by atoms with Gasteiger partial charge in [0.2, 0.25) is 0 Å². The molecule has 346 valence electrons. The Bertz CT molecular complexity index is 3910. The molecular formula is C67H58N4. The van der Waals surface area contributed by atoms with E-state index >= 15 is 0 Å². The van der Waals surface area contributed by atoms with Crippen molar-refractivity contribution in [1.82, 2.24) is 9.97 Å². The lowest BCUT2D eigenvalue weighted by Crippen LogP contribution is -2.54. The van der Waals surface area contributed by atoms with E-state index in [0.29, 0.717) is 0 Å². The smallest absolute Gasteiger partial charge is 0.141 e. The Balaban J connectivity index is 0.817. The van der Waals surface area contributed by atoms with Crippen LogP contribution in [0.15, 0.2) is 170 Å². The van der Waals surface area contributed by atoms with Gasteiger partial charge in [0, 0.05) is 45.4 Å². The summed E-state index contributed by atoms with van der Waals surface area (Å²) in [4.78, 5) is 15.5. The molecule has 2 aliphatic heterocycles. The predicted molar refractivity (Wildman–Crippen MR) is 297 cm³/mol. The monoisotopic (exact) mass is 918 g/mol. The van der Waals surface area contributed by atoms with Crippen LogP contribution in [0.4, 0.5) is 23.0 Å². The van der Waals surface area contributed by atoms with E-state index in [0.717, 1.165) is 30.9 Å². The highest BCUT2D eigenvalue weighted by Gasteiger charge is 2.59. The van der Waals surface area contributed by atoms with Crippen LogP contribution in [0.2, 0.25) is 0 Å². The highest BCUT2D eigenvalue weighted by molar-refractivity contribution is 6.18. The maximum Gasteiger partial charge on any atom is 0.141 e. The van der Waals surface area contributed by atoms with Crippen LogP contribution in [0.3, 0.4) is 0 Å². The van der Waals surface area contributed by atoms with Crippen molar-refractivity contribution < 1.29 is 0 Å². The predicted octanol–water partition coefficient (Wildman–Crippen LogP) is 17.5. The molecule has 2 saturated carbocycles. The minimum Gasteiger partial charge on any atom is -0.319 e. The number of rotatable bonds is 4. The molecule has 4 atom stereocenters. The number of pyridine rings is 2. The van der Waals surface area contributed by atoms with Crippen LogP contribution in [-0.4, -0.2) is 21.0 Å². The minimum atomic E-state index is -0.0785. The first-order valence-corrected chi connectivity index (χ1v) is 26.4. The molecule has 2 fully saturated rings. The highest BCUT2D eigenvalue weighted by atomic mass is 15.3. The molecule has 15 rings (SSSR count). The molecule has 71 heavy (non-hydrogen) atoms. The van der Waals surface area contributed by atoms with Crippen molar-refractivity contribution in [1.29, 1.82) is 0 Å². The van der Waals surface area contributed by atoms with Gasteiger partial charge >= 0.3 is 0 Å². The molecule has 4 unspecified atom stereocenters. The Morgan fingerprint density at radius 2 is 0.887 bits per heavy atom. The summed E-state index contributed by atoms with van der Waals surface area (Å²) in [6.45, 7) is 10.1. The Kier molecular flexibility index (Phi) is 8.55. The van der Waals surface area contributed by atoms with E-state index in [1.807, 2.05) is 12.4 Å². The number of anilines is 4. The molecule has 4 heterocycles. The number of fused-ring (bicyclic) bond motifs is 16. The molecule has 0 spiro atoms. The van der Waals surface area contributed by atoms with Crippen molar-refractivity contribution in [2.24, 2.45) is 0 Å². The molecule has 3 aliphatic carbocycles. The molecule has 0 N–H and O–H groups in total. The third kappa shape index (κ3) is 5.46. The van der Waals surface area contributed by atoms with E-state index < -0.39 is 0 Å². The van der Waals surface area contributed by atoms with Crippen LogP contribution >= 0.6 is 0 Å². The lowest BCUT2D eigenvalue weighted by atomic mass is 9.61. The zero-order valence-corrected chi connectivity index (χ0v) is 41.3. The molecule has 10 aromatic rings. The number of nitrogens with zero attached hydrogens (tertiary/aromatic N) is 4. The number of aromatic nitrogens is 2. The fourth-order valence-corrected chi connectivity index (χ4v) is 15.3. The van der Waals surface area contributed by atoms with Crippen molar-refractivity contribution in [2.75, 3.05) is 9.80 Å². The van der Waals surface area contributed by atoms with Crippen LogP contribution in [0.25, 0.3) is 76.5 Å². The van der Waals surface area contributed by atoms with Crippen molar-refractivity contribution in [2.45, 2.75) is 107 Å². The van der Waals surface area contributed by atoms with Gasteiger partial charge in [-0.3, -0.25) is 0 Å². The fraction of sp³-hybridized carbons (Fsp3) is 0.254. The SMILES string of the molecule is CC12CCCCC1(C)N(c1nccc3ccccc13)c1ccc(-c3ccc4c(c3)Cc3c-4c4ccccc4c4cc(-c5ccc6c(c5)C5(C)CCCCC5(C)N6c5nccc6ccccc56)ccc34)cc12. The van der Waals surface area contributed by atoms with Gasteiger partial charge in [-0.1, -0.05) is 155 Å². The second-order valence-electron chi connectivity index (χ2n) is 22.7. The highest BCUT2D eigenvalue weighted by Crippen LogP contribution is 2.63. The third-order valence-electron chi connectivity index (χ3n) is 19.5. The topological polar surface area (TPSA) is 32.3 Å². The summed E-state index contributed by atoms with van der Waals surface area (Å²) in [6, 6.07) is 60.3. The largest absolute Gasteiger partial charge is 0.319 e. The molecule has 0 saturated heterocycles. The zero-order valence-electron chi connectivity index (χ0n) is 41.3. The second kappa shape index (κ2) is 14.6. The standard InChI is InChI=1S/C67H58N4/c1-64-31-11-13-33-66(64,3)70(62-50-17-7-5-15-42(50)29-35-68-62)59-27-23-46(40-57(59)64)44-21-25-49-48(37-44)39-56-53-26-22-45(38-55(53)52-19-9-10-20-54(52)61(49)56)47-24-28-60-58(41-47)65(2)32-12-14-34-67(65,4)71(60)63-51-18-8-6-16-43(51)30-36-69-63/h5-10,15-30,35-38,40-41H,11-14,31-34,39H2,1-4H3. The van der Waals surface area contributed by atoms with Gasteiger partial charge in [-0.2, -0.15) is 0 Å². The third-order valence-corrected chi connectivity index (χ3v) is 19.5. The van der Waals surface area contributed by atoms with Crippen LogP contribution in [0.1, 0.15) is 101 Å². The fourth-order valence-electron chi connectivity index (χ4n) is 15.3. The molecule has 0 radical (unpaired) electrons. The van der Waals surface area contributed by atoms with Crippen molar-refractivity contribution in [3.63, 3.8) is 0 Å². The number of hydrogen-bond acceptors (Lipinski definition) is 4. The summed E-state index contributed by atoms with van der Waals surface area (Å²) in [7, 11) is 0. The molecule has 0 amide bonds. The Morgan fingerprint density at radius 1 is 0.408 bits per heavy atom. The Labute approximate surface area is 417 Å². The van der Waals surface area contributed by atoms with Gasteiger partial charge in [0.05, 0.1) is 11.1 Å². The maximum absolute atomic E-state index is 5.13. The van der Waals surface area contributed by atoms with Gasteiger partial charge in [0.25, 0.3) is 0 Å². The normalized spacial score (nSPS) is 24.0. The summed E-state index contributed by atoms with van der Waals surface area (Å²) in [6.07, 6.45) is 14.5. The van der Waals surface area contributed by atoms with Gasteiger partial charge in [-0.15, -0.1) is 0 Å². The molecule has 0 bridgehead atoms. The van der Waals surface area contributed by atoms with Gasteiger partial charge in [-0.05, 0) is 176 Å². The van der Waals surface area contributed by atoms with Crippen LogP contribution in [0, 0.1) is 0 Å². The lowest BCUT2D eigenvalue weighted by Gasteiger charge is -2.50. The Morgan fingerprint density at radius 3 is 1.48 bits per heavy atom. The van der Waals surface area contributed by atoms with Crippen molar-refractivity contribution in [3.8, 4) is 33.4 Å². The molecule has 2 aromatic heterocycles. The van der Waals surface area contributed by atoms with Crippen LogP contribution in [-0.2, 0) is 17.3 Å². The molecule has 4 heteroatoms. The second-order valence-corrected chi connectivity index (χ2v) is 22.7. The minimum absolute atomic E-state index is 0.00239. The molecule has 8 aromatic carbocycles. The van der Waals surface area contributed by atoms with Gasteiger partial charge in [0.15, 0.2) is 0 Å². The van der Waals surface area contributed by atoms with E-state index in [2.05, 4.69) is 195 Å². The van der Waals surface area contributed by atoms with Crippen LogP contribution < -0.4 is 9.80 Å². The first-order chi connectivity index (χ1) is 34.7. The van der Waals surface area contributed by atoms with Crippen LogP contribution in [0.5, 0.6) is 0 Å². The molecular weight excluding hydrogens is 861 g/mol. The first-order valence-electron chi connectivity index (χ1n) is 26.4. The summed E-state index contributed by atoms with van der Waals surface area (Å²) >= 11 is 0. The van der Waals surface area contributed by atoms with E-state index in [9.17, 15) is 0 Å². The van der Waals surface area contributed by atoms with E-state index in [-0.39, 0.29) is 21.9 Å². The summed E-state index contributed by atoms with van der Waals surface area (Å²) in [5.74, 6) is 2.17. The maximum atomic E-state index is 5.13. The average molecular weight is 919 g/mol. The van der Waals surface area contributed by atoms with E-state index in [1.54, 1.807) is 0 Å². The van der Waals surface area contributed by atoms with E-state index in [1.165, 1.54) is 149 Å². The lowest BCUT2D eigenvalue weighted by molar-refractivity contribution is 0.194. The molecule has 4 nitrogen and oxygen atoms in total. The van der Waals surface area contributed by atoms with Gasteiger partial charge < -0.3 is 9.80 Å². The van der Waals surface area contributed by atoms with Gasteiger partial charge in [0.1, 0.15) is 11.6 Å². The quantitative estimate of drug-likeness (QED) is 0.165. The number of benzene rings is 8. The van der Waals surface area contributed by atoms with Crippen molar-refractivity contribution in [3.05, 3.63) is 192 Å². The number of hydrogen-bond donors (Lipinski definition) is 0. The zero-order chi connectivity index (χ0) is 47.4. The summed E-state index contributed by atoms with van der Waals surface area (Å²) in [5, 5.41) is 10.3. The summed E-state index contributed by atoms with van der Waals surface area (Å²) in [5.41, 5.74) is 16.2. The Hall–Kier alpha value is -7.30. The van der Waals surface area contributed by atoms with Crippen molar-refractivity contribution >= 4 is 66.1 Å². The van der Waals surface area contributed by atoms with E-state index in [4.69, 9.17) is 9.97 Å². The first kappa shape index (κ1) is 41.5. The van der Waals surface area contributed by atoms with Gasteiger partial charge in [-0.25, -0.2) is 9.97 Å².